The van der Waals surface area contributed by atoms with Crippen LogP contribution in [0.3, 0.4) is 0 Å². The van der Waals surface area contributed by atoms with Gasteiger partial charge in [0.15, 0.2) is 11.5 Å². The van der Waals surface area contributed by atoms with E-state index in [1.165, 1.54) is 0 Å². The number of likely N-dealkylation sites (N-methyl/N-ethyl adjacent to an activating group) is 1. The minimum Gasteiger partial charge on any atom is -0.352 e. The zero-order valence-electron chi connectivity index (χ0n) is 17.0. The van der Waals surface area contributed by atoms with E-state index < -0.39 is 0 Å². The topological polar surface area (TPSA) is 90.3 Å². The standard InChI is InChI=1S/C19H27N9S/c1-5-13(2)26(3)18-17(14-10-21-22-11-14)20-12-16-24-19(25-28(16)18)23-15-6-8-27(29-4)9-7-15/h5,10-13,15H,1,6-9H2,2-4H3,(H,21,22)(H,23,25). The molecule has 1 fully saturated rings. The van der Waals surface area contributed by atoms with Crippen LogP contribution in [-0.4, -0.2) is 72.6 Å². The van der Waals surface area contributed by atoms with E-state index in [0.29, 0.717) is 17.6 Å². The summed E-state index contributed by atoms with van der Waals surface area (Å²) in [6.07, 6.45) is 11.5. The molecule has 2 N–H and O–H groups in total. The molecule has 9 nitrogen and oxygen atoms in total. The van der Waals surface area contributed by atoms with E-state index in [1.54, 1.807) is 12.4 Å². The number of hydrogen-bond donors (Lipinski definition) is 2. The molecule has 29 heavy (non-hydrogen) atoms. The van der Waals surface area contributed by atoms with Gasteiger partial charge in [-0.05, 0) is 26.0 Å². The third-order valence-corrected chi connectivity index (χ3v) is 6.34. The fourth-order valence-corrected chi connectivity index (χ4v) is 4.10. The van der Waals surface area contributed by atoms with Crippen LogP contribution in [-0.2, 0) is 0 Å². The Morgan fingerprint density at radius 2 is 2.17 bits per heavy atom. The summed E-state index contributed by atoms with van der Waals surface area (Å²) in [4.78, 5) is 11.5. The molecule has 10 heteroatoms. The number of nitrogens with zero attached hydrogens (tertiary/aromatic N) is 7. The van der Waals surface area contributed by atoms with E-state index in [4.69, 9.17) is 5.10 Å². The minimum atomic E-state index is 0.101. The van der Waals surface area contributed by atoms with Gasteiger partial charge in [-0.2, -0.15) is 14.6 Å². The van der Waals surface area contributed by atoms with Crippen LogP contribution in [0.1, 0.15) is 19.8 Å². The summed E-state index contributed by atoms with van der Waals surface area (Å²) in [5.41, 5.74) is 2.41. The Morgan fingerprint density at radius 1 is 1.38 bits per heavy atom. The summed E-state index contributed by atoms with van der Waals surface area (Å²) < 4.78 is 4.24. The molecule has 1 atom stereocenters. The first-order valence-corrected chi connectivity index (χ1v) is 10.9. The summed E-state index contributed by atoms with van der Waals surface area (Å²) >= 11 is 1.81. The lowest BCUT2D eigenvalue weighted by molar-refractivity contribution is 0.358. The Bertz CT molecular complexity index is 960. The summed E-state index contributed by atoms with van der Waals surface area (Å²) in [5.74, 6) is 1.49. The molecule has 0 aromatic carbocycles. The molecule has 3 aromatic heterocycles. The Labute approximate surface area is 174 Å². The highest BCUT2D eigenvalue weighted by molar-refractivity contribution is 7.96. The second-order valence-corrected chi connectivity index (χ2v) is 8.12. The lowest BCUT2D eigenvalue weighted by Gasteiger charge is -2.30. The van der Waals surface area contributed by atoms with Crippen molar-refractivity contribution in [3.8, 4) is 11.3 Å². The predicted molar refractivity (Wildman–Crippen MR) is 118 cm³/mol. The summed E-state index contributed by atoms with van der Waals surface area (Å²) in [7, 11) is 2.01. The quantitative estimate of drug-likeness (QED) is 0.451. The van der Waals surface area contributed by atoms with Crippen molar-refractivity contribution >= 4 is 29.4 Å². The molecule has 1 saturated heterocycles. The predicted octanol–water partition coefficient (Wildman–Crippen LogP) is 2.68. The fourth-order valence-electron chi connectivity index (χ4n) is 3.52. The summed E-state index contributed by atoms with van der Waals surface area (Å²) in [5, 5.41) is 15.2. The summed E-state index contributed by atoms with van der Waals surface area (Å²) in [6.45, 7) is 8.16. The van der Waals surface area contributed by atoms with Crippen LogP contribution >= 0.6 is 11.9 Å². The molecule has 1 unspecified atom stereocenters. The van der Waals surface area contributed by atoms with Crippen LogP contribution in [0.25, 0.3) is 16.9 Å². The smallest absolute Gasteiger partial charge is 0.243 e. The van der Waals surface area contributed by atoms with Gasteiger partial charge in [-0.3, -0.25) is 9.40 Å². The number of rotatable bonds is 7. The van der Waals surface area contributed by atoms with E-state index in [1.807, 2.05) is 35.8 Å². The molecule has 1 aliphatic rings. The molecule has 4 heterocycles. The molecular formula is C19H27N9S. The molecule has 0 saturated carbocycles. The molecule has 1 aliphatic heterocycles. The normalized spacial score (nSPS) is 16.8. The Balaban J connectivity index is 1.69. The second kappa shape index (κ2) is 8.42. The maximum absolute atomic E-state index is 4.78. The van der Waals surface area contributed by atoms with Crippen molar-refractivity contribution in [1.29, 1.82) is 0 Å². The van der Waals surface area contributed by atoms with Crippen molar-refractivity contribution in [3.63, 3.8) is 0 Å². The highest BCUT2D eigenvalue weighted by Crippen LogP contribution is 2.30. The van der Waals surface area contributed by atoms with Gasteiger partial charge in [0.1, 0.15) is 5.69 Å². The molecule has 154 valence electrons. The Morgan fingerprint density at radius 3 is 2.83 bits per heavy atom. The fraction of sp³-hybridized carbons (Fsp3) is 0.474. The van der Waals surface area contributed by atoms with Gasteiger partial charge in [0, 0.05) is 44.0 Å². The highest BCUT2D eigenvalue weighted by Gasteiger charge is 2.23. The molecule has 3 aromatic rings. The van der Waals surface area contributed by atoms with Crippen molar-refractivity contribution in [1.82, 2.24) is 34.1 Å². The number of hydrogen-bond acceptors (Lipinski definition) is 8. The number of H-pyrrole nitrogens is 1. The lowest BCUT2D eigenvalue weighted by atomic mass is 10.1. The van der Waals surface area contributed by atoms with E-state index in [2.05, 4.69) is 54.4 Å². The van der Waals surface area contributed by atoms with E-state index in [0.717, 1.165) is 43.0 Å². The third kappa shape index (κ3) is 3.95. The maximum atomic E-state index is 4.78. The van der Waals surface area contributed by atoms with Gasteiger partial charge in [0.2, 0.25) is 5.95 Å². The number of piperidine rings is 1. The first-order chi connectivity index (χ1) is 14.1. The zero-order valence-corrected chi connectivity index (χ0v) is 17.9. The number of anilines is 2. The molecule has 0 amide bonds. The first kappa shape index (κ1) is 19.7. The monoisotopic (exact) mass is 413 g/mol. The average Bonchev–Trinajstić information content (AvgIpc) is 3.42. The molecule has 0 radical (unpaired) electrons. The number of aromatic nitrogens is 6. The van der Waals surface area contributed by atoms with Gasteiger partial charge in [0.05, 0.1) is 12.4 Å². The Hall–Kier alpha value is -2.59. The van der Waals surface area contributed by atoms with E-state index in [-0.39, 0.29) is 6.04 Å². The van der Waals surface area contributed by atoms with Gasteiger partial charge in [-0.15, -0.1) is 11.7 Å². The van der Waals surface area contributed by atoms with Crippen LogP contribution in [0, 0.1) is 0 Å². The third-order valence-electron chi connectivity index (χ3n) is 5.46. The number of fused-ring (bicyclic) bond motifs is 1. The zero-order chi connectivity index (χ0) is 20.4. The Kier molecular flexibility index (Phi) is 5.72. The van der Waals surface area contributed by atoms with Gasteiger partial charge >= 0.3 is 0 Å². The van der Waals surface area contributed by atoms with Crippen LogP contribution in [0.2, 0.25) is 0 Å². The van der Waals surface area contributed by atoms with E-state index >= 15 is 0 Å². The van der Waals surface area contributed by atoms with E-state index in [9.17, 15) is 0 Å². The molecule has 0 aliphatic carbocycles. The van der Waals surface area contributed by atoms with Crippen LogP contribution in [0.4, 0.5) is 11.8 Å². The highest BCUT2D eigenvalue weighted by atomic mass is 32.2. The van der Waals surface area contributed by atoms with Gasteiger partial charge < -0.3 is 10.2 Å². The minimum absolute atomic E-state index is 0.101. The van der Waals surface area contributed by atoms with Crippen molar-refractivity contribution in [2.45, 2.75) is 31.8 Å². The van der Waals surface area contributed by atoms with Crippen molar-refractivity contribution in [2.75, 3.05) is 36.6 Å². The van der Waals surface area contributed by atoms with Gasteiger partial charge in [0.25, 0.3) is 0 Å². The largest absolute Gasteiger partial charge is 0.352 e. The first-order valence-electron chi connectivity index (χ1n) is 9.76. The van der Waals surface area contributed by atoms with Crippen molar-refractivity contribution in [2.24, 2.45) is 0 Å². The average molecular weight is 414 g/mol. The molecule has 4 rings (SSSR count). The van der Waals surface area contributed by atoms with Gasteiger partial charge in [-0.1, -0.05) is 18.0 Å². The summed E-state index contributed by atoms with van der Waals surface area (Å²) in [6, 6.07) is 0.481. The van der Waals surface area contributed by atoms with Crippen LogP contribution < -0.4 is 10.2 Å². The molecule has 0 spiro atoms. The number of nitrogens with one attached hydrogen (secondary N) is 2. The maximum Gasteiger partial charge on any atom is 0.243 e. The lowest BCUT2D eigenvalue weighted by Crippen LogP contribution is -2.35. The number of aromatic amines is 1. The van der Waals surface area contributed by atoms with Crippen molar-refractivity contribution < 1.29 is 0 Å². The SMILES string of the molecule is C=CC(C)N(C)c1c(-c2cn[nH]c2)ncc2nc(NC3CCN(SC)CC3)nn12. The van der Waals surface area contributed by atoms with Gasteiger partial charge in [-0.25, -0.2) is 4.98 Å². The van der Waals surface area contributed by atoms with Crippen LogP contribution in [0.5, 0.6) is 0 Å². The van der Waals surface area contributed by atoms with Crippen molar-refractivity contribution in [3.05, 3.63) is 31.2 Å². The molecule has 0 bridgehead atoms. The molecular weight excluding hydrogens is 386 g/mol. The second-order valence-electron chi connectivity index (χ2n) is 7.24. The van der Waals surface area contributed by atoms with Crippen LogP contribution in [0.15, 0.2) is 31.2 Å².